The summed E-state index contributed by atoms with van der Waals surface area (Å²) in [6.45, 7) is 6.22. The van der Waals surface area contributed by atoms with Crippen molar-refractivity contribution in [2.75, 3.05) is 26.2 Å². The van der Waals surface area contributed by atoms with E-state index in [0.717, 1.165) is 37.1 Å². The van der Waals surface area contributed by atoms with Gasteiger partial charge in [0.2, 0.25) is 0 Å². The first-order valence-corrected chi connectivity index (χ1v) is 13.5. The highest BCUT2D eigenvalue weighted by Gasteiger charge is 2.37. The van der Waals surface area contributed by atoms with E-state index in [1.807, 2.05) is 0 Å². The largest absolute Gasteiger partial charge is 1.00 e. The number of nitrogens with zero attached hydrogens (tertiary/aromatic N) is 2. The number of rotatable bonds is 19. The van der Waals surface area contributed by atoms with Crippen LogP contribution < -0.4 is 12.4 Å². The summed E-state index contributed by atoms with van der Waals surface area (Å²) < 4.78 is 0.865. The van der Waals surface area contributed by atoms with Crippen molar-refractivity contribution < 1.29 is 22.0 Å². The summed E-state index contributed by atoms with van der Waals surface area (Å²) in [5.74, 6) is 1.32. The van der Waals surface area contributed by atoms with Gasteiger partial charge in [-0.3, -0.25) is 4.48 Å². The van der Waals surface area contributed by atoms with Gasteiger partial charge in [0, 0.05) is 12.0 Å². The molecule has 1 aromatic carbocycles. The van der Waals surface area contributed by atoms with Crippen LogP contribution in [0.25, 0.3) is 0 Å². The summed E-state index contributed by atoms with van der Waals surface area (Å²) in [6, 6.07) is 10.7. The zero-order chi connectivity index (χ0) is 22.7. The number of allylic oxidation sites excluding steroid dienone is 2. The monoisotopic (exact) mass is 476 g/mol. The number of unbranched alkanes of at least 4 members (excludes halogenated alkanes) is 11. The lowest BCUT2D eigenvalue weighted by atomic mass is 10.1. The molecule has 1 aliphatic heterocycles. The molecule has 1 heterocycles. The van der Waals surface area contributed by atoms with Gasteiger partial charge in [0.15, 0.2) is 5.84 Å². The van der Waals surface area contributed by atoms with Crippen LogP contribution in [0.5, 0.6) is 0 Å². The Balaban J connectivity index is 0.00000544. The molecule has 0 fully saturated rings. The van der Waals surface area contributed by atoms with Gasteiger partial charge in [-0.25, -0.2) is 4.99 Å². The molecule has 0 saturated heterocycles. The molecule has 0 radical (unpaired) electrons. The molecule has 33 heavy (non-hydrogen) atoms. The van der Waals surface area contributed by atoms with E-state index in [9.17, 15) is 5.11 Å². The van der Waals surface area contributed by atoms with Crippen molar-refractivity contribution in [2.24, 2.45) is 4.99 Å². The maximum atomic E-state index is 9.72. The fraction of sp³-hybridized carbons (Fsp3) is 0.690. The molecular weight excluding hydrogens is 428 g/mol. The Morgan fingerprint density at radius 3 is 2.09 bits per heavy atom. The van der Waals surface area contributed by atoms with E-state index in [2.05, 4.69) is 49.4 Å². The van der Waals surface area contributed by atoms with Crippen LogP contribution >= 0.6 is 0 Å². The van der Waals surface area contributed by atoms with Gasteiger partial charge in [-0.15, -0.1) is 0 Å². The molecule has 4 heteroatoms. The zero-order valence-electron chi connectivity index (χ0n) is 21.2. The molecule has 1 N–H and O–H groups in total. The maximum absolute atomic E-state index is 9.72. The number of hydrogen-bond donors (Lipinski definition) is 1. The average molecular weight is 477 g/mol. The molecule has 0 saturated carbocycles. The van der Waals surface area contributed by atoms with Crippen LogP contribution in [0, 0.1) is 0 Å². The van der Waals surface area contributed by atoms with Crippen LogP contribution in [0.15, 0.2) is 47.5 Å². The predicted octanol–water partition coefficient (Wildman–Crippen LogP) is 4.45. The van der Waals surface area contributed by atoms with Crippen molar-refractivity contribution in [1.82, 2.24) is 0 Å². The van der Waals surface area contributed by atoms with E-state index in [0.29, 0.717) is 0 Å². The smallest absolute Gasteiger partial charge is 0.198 e. The highest BCUT2D eigenvalue weighted by Crippen LogP contribution is 2.24. The average Bonchev–Trinajstić information content (AvgIpc) is 3.19. The number of quaternary nitrogens is 1. The van der Waals surface area contributed by atoms with Crippen molar-refractivity contribution in [2.45, 2.75) is 103 Å². The Kier molecular flexibility index (Phi) is 17.4. The third kappa shape index (κ3) is 12.2. The third-order valence-corrected chi connectivity index (χ3v) is 6.89. The number of amidine groups is 1. The van der Waals surface area contributed by atoms with E-state index >= 15 is 0 Å². The summed E-state index contributed by atoms with van der Waals surface area (Å²) >= 11 is 0. The Morgan fingerprint density at radius 2 is 1.45 bits per heavy atom. The maximum Gasteiger partial charge on any atom is 0.198 e. The van der Waals surface area contributed by atoms with Gasteiger partial charge in [-0.2, -0.15) is 0 Å². The quantitative estimate of drug-likeness (QED) is 0.178. The van der Waals surface area contributed by atoms with E-state index in [-0.39, 0.29) is 19.0 Å². The molecule has 0 spiro atoms. The lowest BCUT2D eigenvalue weighted by molar-refractivity contribution is -0.850. The van der Waals surface area contributed by atoms with Crippen LogP contribution in [0.4, 0.5) is 0 Å². The Bertz CT molecular complexity index is 646. The molecule has 2 rings (SSSR count). The summed E-state index contributed by atoms with van der Waals surface area (Å²) in [6.07, 6.45) is 23.3. The first-order valence-electron chi connectivity index (χ1n) is 13.5. The van der Waals surface area contributed by atoms with Gasteiger partial charge in [-0.1, -0.05) is 101 Å². The normalized spacial score (nSPS) is 17.9. The van der Waals surface area contributed by atoms with Gasteiger partial charge in [0.25, 0.3) is 0 Å². The molecule has 3 nitrogen and oxygen atoms in total. The van der Waals surface area contributed by atoms with Crippen molar-refractivity contribution in [3.05, 3.63) is 48.0 Å². The van der Waals surface area contributed by atoms with Crippen molar-refractivity contribution in [1.29, 1.82) is 0 Å². The molecule has 188 valence electrons. The molecule has 0 amide bonds. The van der Waals surface area contributed by atoms with E-state index in [1.165, 1.54) is 94.9 Å². The Morgan fingerprint density at radius 1 is 0.848 bits per heavy atom. The van der Waals surface area contributed by atoms with Gasteiger partial charge >= 0.3 is 0 Å². The van der Waals surface area contributed by atoms with E-state index in [4.69, 9.17) is 4.99 Å². The van der Waals surface area contributed by atoms with Crippen LogP contribution in [-0.4, -0.2) is 41.7 Å². The number of benzene rings is 1. The summed E-state index contributed by atoms with van der Waals surface area (Å²) in [7, 11) is 0. The first kappa shape index (κ1) is 29.9. The molecule has 0 aromatic heterocycles. The number of halogens is 1. The van der Waals surface area contributed by atoms with E-state index in [1.54, 1.807) is 0 Å². The molecular formula is C29H49ClN2O. The van der Waals surface area contributed by atoms with Gasteiger partial charge in [0.05, 0.1) is 13.2 Å². The summed E-state index contributed by atoms with van der Waals surface area (Å²) in [4.78, 5) is 4.88. The standard InChI is InChI=1S/C29H49N2O.ClH/c1-2-3-4-5-6-7-8-9-10-11-12-13-14-15-19-22-29-30-23-24-31(29,25-26-32)27-28-20-17-16-18-21-28;/h9-10,16-18,20-21,32H,2-8,11-15,19,22-27H2,1H3;1H/q+1;/p-1/b10-9-;. The second-order valence-electron chi connectivity index (χ2n) is 9.59. The second kappa shape index (κ2) is 19.2. The van der Waals surface area contributed by atoms with Gasteiger partial charge in [0.1, 0.15) is 19.6 Å². The van der Waals surface area contributed by atoms with E-state index < -0.39 is 0 Å². The SMILES string of the molecule is CCCCCCCC/C=C\CCCCCCCC1=NCC[N+]1(CCO)Cc1ccccc1.[Cl-]. The van der Waals surface area contributed by atoms with Crippen molar-refractivity contribution in [3.8, 4) is 0 Å². The first-order chi connectivity index (χ1) is 15.8. The lowest BCUT2D eigenvalue weighted by Gasteiger charge is -2.34. The van der Waals surface area contributed by atoms with Gasteiger partial charge < -0.3 is 17.5 Å². The minimum atomic E-state index is 0. The highest BCUT2D eigenvalue weighted by atomic mass is 35.5. The fourth-order valence-electron chi connectivity index (χ4n) is 4.93. The van der Waals surface area contributed by atoms with Crippen molar-refractivity contribution >= 4 is 5.84 Å². The topological polar surface area (TPSA) is 32.6 Å². The van der Waals surface area contributed by atoms with Crippen LogP contribution in [0.3, 0.4) is 0 Å². The minimum absolute atomic E-state index is 0. The summed E-state index contributed by atoms with van der Waals surface area (Å²) in [5.41, 5.74) is 1.35. The number of hydrogen-bond acceptors (Lipinski definition) is 2. The Labute approximate surface area is 210 Å². The molecule has 1 aromatic rings. The number of aliphatic imine (C=N–C) groups is 1. The molecule has 0 aliphatic carbocycles. The van der Waals surface area contributed by atoms with Crippen molar-refractivity contribution in [3.63, 3.8) is 0 Å². The minimum Gasteiger partial charge on any atom is -1.00 e. The van der Waals surface area contributed by atoms with Crippen LogP contribution in [-0.2, 0) is 6.54 Å². The Hall–Kier alpha value is -1.16. The van der Waals surface area contributed by atoms with Crippen LogP contribution in [0.1, 0.15) is 102 Å². The number of aliphatic hydroxyl groups excluding tert-OH is 1. The molecule has 1 unspecified atom stereocenters. The molecule has 1 aliphatic rings. The van der Waals surface area contributed by atoms with Crippen LogP contribution in [0.2, 0.25) is 0 Å². The highest BCUT2D eigenvalue weighted by molar-refractivity contribution is 5.76. The second-order valence-corrected chi connectivity index (χ2v) is 9.59. The summed E-state index contributed by atoms with van der Waals surface area (Å²) in [5, 5.41) is 9.72. The molecule has 0 bridgehead atoms. The number of aliphatic hydroxyl groups is 1. The lowest BCUT2D eigenvalue weighted by Crippen LogP contribution is -3.00. The molecule has 1 atom stereocenters. The van der Waals surface area contributed by atoms with Gasteiger partial charge in [-0.05, 0) is 32.1 Å². The predicted molar refractivity (Wildman–Crippen MR) is 139 cm³/mol. The third-order valence-electron chi connectivity index (χ3n) is 6.89. The zero-order valence-corrected chi connectivity index (χ0v) is 22.0. The fourth-order valence-corrected chi connectivity index (χ4v) is 4.93.